The summed E-state index contributed by atoms with van der Waals surface area (Å²) in [6, 6.07) is 0. The first-order valence-electron chi connectivity index (χ1n) is 4.25. The van der Waals surface area contributed by atoms with Gasteiger partial charge in [-0.15, -0.1) is 26.0 Å². The van der Waals surface area contributed by atoms with Crippen molar-refractivity contribution < 1.29 is 0 Å². The molecule has 0 aliphatic rings. The second kappa shape index (κ2) is 9900. The number of terminal acetylenes is 1. The monoisotopic (exact) mass is 174 g/mol. The van der Waals surface area contributed by atoms with Crippen molar-refractivity contribution in [3.8, 4) is 12.8 Å². The standard InChI is InChI=1S/C3H8.2C2H6.C2H4.C2H2.CH4/c1-3-2;4*1-2;/h3H2,1-2H3;2*1-2H3;1-2H2;1-2H;1H4. The third-order valence-corrected chi connectivity index (χ3v) is 0. The van der Waals surface area contributed by atoms with Crippen LogP contribution in [0, 0.1) is 12.8 Å². The SMILES string of the molecule is C.C#C.C=C.CC.CC.CCC. The molecule has 0 spiro atoms. The van der Waals surface area contributed by atoms with Gasteiger partial charge < -0.3 is 0 Å². The molecular formula is C12H30. The van der Waals surface area contributed by atoms with E-state index in [0.717, 1.165) is 0 Å². The molecule has 0 saturated heterocycles. The van der Waals surface area contributed by atoms with Crippen molar-refractivity contribution in [2.45, 2.75) is 55.4 Å². The fourth-order valence-corrected chi connectivity index (χ4v) is 0. The predicted octanol–water partition coefficient (Wildman–Crippen LogP) is 5.16. The van der Waals surface area contributed by atoms with Gasteiger partial charge in [0.2, 0.25) is 0 Å². The molecular weight excluding hydrogens is 144 g/mol. The molecule has 0 aromatic heterocycles. The topological polar surface area (TPSA) is 0 Å². The predicted molar refractivity (Wildman–Crippen MR) is 66.5 cm³/mol. The van der Waals surface area contributed by atoms with Gasteiger partial charge in [0.15, 0.2) is 0 Å². The summed E-state index contributed by atoms with van der Waals surface area (Å²) in [5.41, 5.74) is 0. The average Bonchev–Trinajstić information content (AvgIpc) is 2.18. The van der Waals surface area contributed by atoms with Crippen LogP contribution < -0.4 is 0 Å². The van der Waals surface area contributed by atoms with Gasteiger partial charge in [-0.3, -0.25) is 0 Å². The molecule has 0 aliphatic carbocycles. The first-order chi connectivity index (χ1) is 5.41. The third kappa shape index (κ3) is 1310. The Kier molecular flexibility index (Phi) is 35200. The molecule has 0 bridgehead atoms. The Morgan fingerprint density at radius 2 is 0.833 bits per heavy atom. The maximum atomic E-state index is 4.00. The number of rotatable bonds is 0. The first-order valence-corrected chi connectivity index (χ1v) is 4.25. The van der Waals surface area contributed by atoms with Crippen molar-refractivity contribution in [3.63, 3.8) is 0 Å². The molecule has 78 valence electrons. The minimum absolute atomic E-state index is 0. The summed E-state index contributed by atoms with van der Waals surface area (Å²) in [6.07, 6.45) is 9.25. The molecule has 0 heterocycles. The second-order valence-electron chi connectivity index (χ2n) is 0.707. The Labute approximate surface area is 82.1 Å². The maximum absolute atomic E-state index is 4.00. The summed E-state index contributed by atoms with van der Waals surface area (Å²) in [4.78, 5) is 0. The van der Waals surface area contributed by atoms with Gasteiger partial charge in [0.25, 0.3) is 0 Å². The maximum Gasteiger partial charge on any atom is -0.0590 e. The molecule has 0 rings (SSSR count). The quantitative estimate of drug-likeness (QED) is 0.351. The Bertz CT molecular complexity index is 18.5. The van der Waals surface area contributed by atoms with Crippen LogP contribution in [-0.2, 0) is 0 Å². The van der Waals surface area contributed by atoms with E-state index < -0.39 is 0 Å². The van der Waals surface area contributed by atoms with Crippen molar-refractivity contribution >= 4 is 0 Å². The first kappa shape index (κ1) is 42.7. The van der Waals surface area contributed by atoms with E-state index in [1.165, 1.54) is 6.42 Å². The van der Waals surface area contributed by atoms with Crippen molar-refractivity contribution in [1.29, 1.82) is 0 Å². The molecule has 0 aromatic rings. The van der Waals surface area contributed by atoms with Crippen molar-refractivity contribution in [2.24, 2.45) is 0 Å². The van der Waals surface area contributed by atoms with E-state index >= 15 is 0 Å². The minimum atomic E-state index is 0. The lowest BCUT2D eigenvalue weighted by molar-refractivity contribution is 1.09. The molecule has 0 heteroatoms. The van der Waals surface area contributed by atoms with E-state index in [1.807, 2.05) is 27.7 Å². The Morgan fingerprint density at radius 1 is 0.833 bits per heavy atom. The highest BCUT2D eigenvalue weighted by Crippen LogP contribution is 1.56. The zero-order valence-corrected chi connectivity index (χ0v) is 9.28. The normalized spacial score (nSPS) is 3.00. The van der Waals surface area contributed by atoms with Crippen LogP contribution in [0.2, 0.25) is 0 Å². The zero-order chi connectivity index (χ0) is 10.7. The van der Waals surface area contributed by atoms with Gasteiger partial charge >= 0.3 is 0 Å². The molecule has 12 heavy (non-hydrogen) atoms. The van der Waals surface area contributed by atoms with Gasteiger partial charge in [-0.2, -0.15) is 0 Å². The molecule has 0 amide bonds. The van der Waals surface area contributed by atoms with Crippen molar-refractivity contribution in [1.82, 2.24) is 0 Å². The fourth-order valence-electron chi connectivity index (χ4n) is 0. The molecule has 0 aliphatic heterocycles. The van der Waals surface area contributed by atoms with Crippen LogP contribution in [0.15, 0.2) is 13.2 Å². The molecule has 0 nitrogen and oxygen atoms in total. The van der Waals surface area contributed by atoms with E-state index in [1.54, 1.807) is 0 Å². The van der Waals surface area contributed by atoms with Gasteiger partial charge in [-0.1, -0.05) is 55.4 Å². The molecule has 0 atom stereocenters. The van der Waals surface area contributed by atoms with E-state index in [2.05, 4.69) is 39.9 Å². The van der Waals surface area contributed by atoms with Gasteiger partial charge in [0.05, 0.1) is 0 Å². The van der Waals surface area contributed by atoms with Crippen LogP contribution in [0.4, 0.5) is 0 Å². The zero-order valence-electron chi connectivity index (χ0n) is 9.28. The fraction of sp³-hybridized carbons (Fsp3) is 0.667. The summed E-state index contributed by atoms with van der Waals surface area (Å²) >= 11 is 0. The highest BCUT2D eigenvalue weighted by Gasteiger charge is 1.35. The molecule has 0 unspecified atom stereocenters. The summed E-state index contributed by atoms with van der Waals surface area (Å²) in [6.45, 7) is 18.2. The van der Waals surface area contributed by atoms with Crippen LogP contribution >= 0.6 is 0 Å². The number of hydrogen-bond acceptors (Lipinski definition) is 0. The van der Waals surface area contributed by atoms with Gasteiger partial charge in [-0.25, -0.2) is 0 Å². The highest BCUT2D eigenvalue weighted by molar-refractivity contribution is 4.47. The lowest BCUT2D eigenvalue weighted by Crippen LogP contribution is -1.27. The lowest BCUT2D eigenvalue weighted by Gasteiger charge is -1.48. The summed E-state index contributed by atoms with van der Waals surface area (Å²) in [5.74, 6) is 0. The Balaban J connectivity index is -0.00000000933. The molecule has 0 fully saturated rings. The smallest absolute Gasteiger partial charge is 0.0590 e. The molecule has 0 N–H and O–H groups in total. The van der Waals surface area contributed by atoms with Crippen molar-refractivity contribution in [2.75, 3.05) is 0 Å². The molecule has 0 radical (unpaired) electrons. The Morgan fingerprint density at radius 3 is 0.833 bits per heavy atom. The summed E-state index contributed by atoms with van der Waals surface area (Å²) in [5, 5.41) is 0. The Hall–Kier alpha value is -0.700. The van der Waals surface area contributed by atoms with E-state index in [0.29, 0.717) is 0 Å². The van der Waals surface area contributed by atoms with Crippen molar-refractivity contribution in [3.05, 3.63) is 13.2 Å². The highest BCUT2D eigenvalue weighted by atomic mass is 13.4. The number of hydrogen-bond donors (Lipinski definition) is 0. The summed E-state index contributed by atoms with van der Waals surface area (Å²) in [7, 11) is 0. The average molecular weight is 174 g/mol. The largest absolute Gasteiger partial charge is 0.124 e. The minimum Gasteiger partial charge on any atom is -0.124 e. The molecule has 0 saturated carbocycles. The van der Waals surface area contributed by atoms with Crippen LogP contribution in [-0.4, -0.2) is 0 Å². The van der Waals surface area contributed by atoms with Gasteiger partial charge in [0.1, 0.15) is 0 Å². The van der Waals surface area contributed by atoms with Crippen LogP contribution in [0.1, 0.15) is 55.4 Å². The third-order valence-electron chi connectivity index (χ3n) is 0. The van der Waals surface area contributed by atoms with Gasteiger partial charge in [-0.05, 0) is 0 Å². The van der Waals surface area contributed by atoms with E-state index in [4.69, 9.17) is 0 Å². The summed E-state index contributed by atoms with van der Waals surface area (Å²) < 4.78 is 0. The van der Waals surface area contributed by atoms with Gasteiger partial charge in [0, 0.05) is 0 Å². The van der Waals surface area contributed by atoms with Crippen LogP contribution in [0.3, 0.4) is 0 Å². The van der Waals surface area contributed by atoms with E-state index in [9.17, 15) is 0 Å². The van der Waals surface area contributed by atoms with E-state index in [-0.39, 0.29) is 7.43 Å². The molecule has 0 aromatic carbocycles. The van der Waals surface area contributed by atoms with Crippen LogP contribution in [0.25, 0.3) is 0 Å². The van der Waals surface area contributed by atoms with Crippen LogP contribution in [0.5, 0.6) is 0 Å². The second-order valence-corrected chi connectivity index (χ2v) is 0.707. The lowest BCUT2D eigenvalue weighted by atomic mass is 10.6.